The molecule has 2 aromatic carbocycles. The van der Waals surface area contributed by atoms with Crippen LogP contribution in [0.1, 0.15) is 29.7 Å². The molecule has 0 amide bonds. The van der Waals surface area contributed by atoms with E-state index in [2.05, 4.69) is 5.32 Å². The molecule has 1 nitrogen and oxygen atoms in total. The van der Waals surface area contributed by atoms with Crippen molar-refractivity contribution in [3.05, 3.63) is 70.5 Å². The number of rotatable bonds is 4. The number of halogens is 3. The first-order valence-electron chi connectivity index (χ1n) is 6.41. The summed E-state index contributed by atoms with van der Waals surface area (Å²) >= 11 is 0. The van der Waals surface area contributed by atoms with E-state index in [1.165, 1.54) is 0 Å². The van der Waals surface area contributed by atoms with Crippen LogP contribution < -0.4 is 5.32 Å². The molecule has 2 aromatic rings. The van der Waals surface area contributed by atoms with Gasteiger partial charge in [0.15, 0.2) is 17.5 Å². The van der Waals surface area contributed by atoms with E-state index in [0.717, 1.165) is 23.3 Å². The zero-order chi connectivity index (χ0) is 14.7. The lowest BCUT2D eigenvalue weighted by molar-refractivity contribution is 0.443. The molecule has 0 bridgehead atoms. The Bertz CT molecular complexity index is 587. The van der Waals surface area contributed by atoms with Gasteiger partial charge in [-0.25, -0.2) is 13.2 Å². The molecule has 0 spiro atoms. The molecule has 0 saturated carbocycles. The highest BCUT2D eigenvalue weighted by Crippen LogP contribution is 2.18. The predicted octanol–water partition coefficient (Wildman–Crippen LogP) is 4.26. The minimum atomic E-state index is -1.43. The minimum Gasteiger partial charge on any atom is -0.306 e. The van der Waals surface area contributed by atoms with E-state index < -0.39 is 17.5 Å². The van der Waals surface area contributed by atoms with Crippen molar-refractivity contribution in [2.45, 2.75) is 26.4 Å². The van der Waals surface area contributed by atoms with Gasteiger partial charge in [-0.1, -0.05) is 24.3 Å². The molecule has 0 aliphatic heterocycles. The van der Waals surface area contributed by atoms with Gasteiger partial charge in [-0.3, -0.25) is 0 Å². The average molecular weight is 279 g/mol. The molecule has 0 unspecified atom stereocenters. The van der Waals surface area contributed by atoms with Crippen molar-refractivity contribution >= 4 is 0 Å². The molecule has 0 aromatic heterocycles. The van der Waals surface area contributed by atoms with Gasteiger partial charge in [-0.2, -0.15) is 0 Å². The second-order valence-electron chi connectivity index (χ2n) is 4.83. The van der Waals surface area contributed by atoms with E-state index in [1.807, 2.05) is 38.1 Å². The summed E-state index contributed by atoms with van der Waals surface area (Å²) in [5.74, 6) is -3.75. The summed E-state index contributed by atoms with van der Waals surface area (Å²) in [4.78, 5) is 0. The molecule has 0 saturated heterocycles. The summed E-state index contributed by atoms with van der Waals surface area (Å²) in [6.45, 7) is 4.24. The van der Waals surface area contributed by atoms with Gasteiger partial charge >= 0.3 is 0 Å². The molecule has 1 N–H and O–H groups in total. The first-order valence-corrected chi connectivity index (χ1v) is 6.41. The van der Waals surface area contributed by atoms with Crippen LogP contribution in [0.2, 0.25) is 0 Å². The van der Waals surface area contributed by atoms with Gasteiger partial charge < -0.3 is 5.32 Å². The van der Waals surface area contributed by atoms with Gasteiger partial charge in [0.2, 0.25) is 0 Å². The van der Waals surface area contributed by atoms with Crippen molar-refractivity contribution in [3.63, 3.8) is 0 Å². The van der Waals surface area contributed by atoms with Gasteiger partial charge in [-0.05, 0) is 42.7 Å². The minimum absolute atomic E-state index is 0.0346. The van der Waals surface area contributed by atoms with Crippen LogP contribution in [0.25, 0.3) is 0 Å². The van der Waals surface area contributed by atoms with E-state index in [-0.39, 0.29) is 12.6 Å². The summed E-state index contributed by atoms with van der Waals surface area (Å²) < 4.78 is 39.1. The SMILES string of the molecule is Cc1ccccc1[C@@H](C)NCc1cc(F)c(F)c(F)c1. The Morgan fingerprint density at radius 3 is 2.25 bits per heavy atom. The largest absolute Gasteiger partial charge is 0.306 e. The smallest absolute Gasteiger partial charge is 0.194 e. The molecule has 4 heteroatoms. The highest BCUT2D eigenvalue weighted by molar-refractivity contribution is 5.28. The maximum atomic E-state index is 13.1. The molecule has 2 rings (SSSR count). The molecule has 0 fully saturated rings. The number of hydrogen-bond donors (Lipinski definition) is 1. The molecule has 106 valence electrons. The fraction of sp³-hybridized carbons (Fsp3) is 0.250. The number of benzene rings is 2. The number of aryl methyl sites for hydroxylation is 1. The van der Waals surface area contributed by atoms with Crippen molar-refractivity contribution in [2.75, 3.05) is 0 Å². The summed E-state index contributed by atoms with van der Waals surface area (Å²) in [5.41, 5.74) is 2.64. The van der Waals surface area contributed by atoms with Crippen LogP contribution in [0.4, 0.5) is 13.2 Å². The maximum Gasteiger partial charge on any atom is 0.194 e. The quantitative estimate of drug-likeness (QED) is 0.824. The van der Waals surface area contributed by atoms with Gasteiger partial charge in [0.1, 0.15) is 0 Å². The molecule has 0 aliphatic rings. The molecule has 0 radical (unpaired) electrons. The highest BCUT2D eigenvalue weighted by Gasteiger charge is 2.12. The third kappa shape index (κ3) is 3.20. The van der Waals surface area contributed by atoms with E-state index in [1.54, 1.807) is 0 Å². The van der Waals surface area contributed by atoms with Gasteiger partial charge in [0.25, 0.3) is 0 Å². The normalized spacial score (nSPS) is 12.4. The topological polar surface area (TPSA) is 12.0 Å². The van der Waals surface area contributed by atoms with E-state index in [9.17, 15) is 13.2 Å². The Morgan fingerprint density at radius 1 is 1.05 bits per heavy atom. The summed E-state index contributed by atoms with van der Waals surface area (Å²) in [6, 6.07) is 9.95. The van der Waals surface area contributed by atoms with Gasteiger partial charge in [-0.15, -0.1) is 0 Å². The summed E-state index contributed by atoms with van der Waals surface area (Å²) in [6.07, 6.45) is 0. The summed E-state index contributed by atoms with van der Waals surface area (Å²) in [7, 11) is 0. The van der Waals surface area contributed by atoms with Crippen molar-refractivity contribution in [3.8, 4) is 0 Å². The van der Waals surface area contributed by atoms with Crippen molar-refractivity contribution in [1.82, 2.24) is 5.32 Å². The Balaban J connectivity index is 2.07. The predicted molar refractivity (Wildman–Crippen MR) is 72.7 cm³/mol. The van der Waals surface area contributed by atoms with Crippen LogP contribution in [0.5, 0.6) is 0 Å². The average Bonchev–Trinajstić information content (AvgIpc) is 2.42. The van der Waals surface area contributed by atoms with Crippen LogP contribution in [0, 0.1) is 24.4 Å². The Labute approximate surface area is 116 Å². The lowest BCUT2D eigenvalue weighted by atomic mass is 10.0. The second kappa shape index (κ2) is 6.09. The van der Waals surface area contributed by atoms with E-state index >= 15 is 0 Å². The zero-order valence-electron chi connectivity index (χ0n) is 11.4. The van der Waals surface area contributed by atoms with Crippen LogP contribution in [0.15, 0.2) is 36.4 Å². The highest BCUT2D eigenvalue weighted by atomic mass is 19.2. The molecule has 20 heavy (non-hydrogen) atoms. The summed E-state index contributed by atoms with van der Waals surface area (Å²) in [5, 5.41) is 3.17. The molecular weight excluding hydrogens is 263 g/mol. The Morgan fingerprint density at radius 2 is 1.65 bits per heavy atom. The van der Waals surface area contributed by atoms with Crippen molar-refractivity contribution in [2.24, 2.45) is 0 Å². The van der Waals surface area contributed by atoms with Crippen LogP contribution >= 0.6 is 0 Å². The Hall–Kier alpha value is -1.81. The first-order chi connectivity index (χ1) is 9.49. The standard InChI is InChI=1S/C16H16F3N/c1-10-5-3-4-6-13(10)11(2)20-9-12-7-14(17)16(19)15(18)8-12/h3-8,11,20H,9H2,1-2H3/t11-/m1/s1. The van der Waals surface area contributed by atoms with Crippen molar-refractivity contribution in [1.29, 1.82) is 0 Å². The van der Waals surface area contributed by atoms with Gasteiger partial charge in [0, 0.05) is 12.6 Å². The van der Waals surface area contributed by atoms with Gasteiger partial charge in [0.05, 0.1) is 0 Å². The Kier molecular flexibility index (Phi) is 4.45. The number of nitrogens with one attached hydrogen (secondary N) is 1. The maximum absolute atomic E-state index is 13.1. The molecule has 1 atom stereocenters. The monoisotopic (exact) mass is 279 g/mol. The third-order valence-corrected chi connectivity index (χ3v) is 3.31. The fourth-order valence-corrected chi connectivity index (χ4v) is 2.16. The molecule has 0 aliphatic carbocycles. The lowest BCUT2D eigenvalue weighted by Gasteiger charge is -2.16. The fourth-order valence-electron chi connectivity index (χ4n) is 2.16. The van der Waals surface area contributed by atoms with E-state index in [4.69, 9.17) is 0 Å². The van der Waals surface area contributed by atoms with Crippen molar-refractivity contribution < 1.29 is 13.2 Å². The third-order valence-electron chi connectivity index (χ3n) is 3.31. The van der Waals surface area contributed by atoms with Crippen LogP contribution in [0.3, 0.4) is 0 Å². The zero-order valence-corrected chi connectivity index (χ0v) is 11.4. The number of hydrogen-bond acceptors (Lipinski definition) is 1. The molecular formula is C16H16F3N. The van der Waals surface area contributed by atoms with E-state index in [0.29, 0.717) is 5.56 Å². The second-order valence-corrected chi connectivity index (χ2v) is 4.83. The lowest BCUT2D eigenvalue weighted by Crippen LogP contribution is -2.19. The first kappa shape index (κ1) is 14.6. The van der Waals surface area contributed by atoms with Crippen LogP contribution in [-0.2, 0) is 6.54 Å². The van der Waals surface area contributed by atoms with Crippen LogP contribution in [-0.4, -0.2) is 0 Å². The molecule has 0 heterocycles.